The van der Waals surface area contributed by atoms with E-state index in [1.165, 1.54) is 23.2 Å². The van der Waals surface area contributed by atoms with Crippen LogP contribution in [0, 0.1) is 11.8 Å². The summed E-state index contributed by atoms with van der Waals surface area (Å²) in [6.07, 6.45) is 3.50. The summed E-state index contributed by atoms with van der Waals surface area (Å²) >= 11 is 0. The van der Waals surface area contributed by atoms with Gasteiger partial charge in [-0.15, -0.1) is 0 Å². The first-order valence-electron chi connectivity index (χ1n) is 8.20. The van der Waals surface area contributed by atoms with Crippen LogP contribution in [0.2, 0.25) is 0 Å². The van der Waals surface area contributed by atoms with E-state index in [4.69, 9.17) is 4.74 Å². The minimum atomic E-state index is -0.227. The van der Waals surface area contributed by atoms with E-state index in [1.54, 1.807) is 0 Å². The number of carbonyl (C=O) groups excluding carboxylic acids is 1. The molecule has 1 aromatic carbocycles. The molecular formula is C19H21NO2. The number of ether oxygens (including phenoxy) is 1. The van der Waals surface area contributed by atoms with Crippen LogP contribution in [0.15, 0.2) is 36.4 Å². The highest BCUT2D eigenvalue weighted by atomic mass is 16.5. The number of fused-ring (bicyclic) bond motifs is 3. The number of H-pyrrole nitrogens is 1. The molecule has 0 saturated heterocycles. The lowest BCUT2D eigenvalue weighted by atomic mass is 10.0. The van der Waals surface area contributed by atoms with Crippen molar-refractivity contribution in [3.8, 4) is 0 Å². The molecule has 1 N–H and O–H groups in total. The zero-order valence-corrected chi connectivity index (χ0v) is 12.8. The van der Waals surface area contributed by atoms with Gasteiger partial charge in [-0.1, -0.05) is 30.3 Å². The lowest BCUT2D eigenvalue weighted by Crippen LogP contribution is -2.05. The minimum Gasteiger partial charge on any atom is -0.461 e. The van der Waals surface area contributed by atoms with Crippen LogP contribution < -0.4 is 0 Å². The summed E-state index contributed by atoms with van der Waals surface area (Å²) in [7, 11) is 0. The number of aromatic amines is 1. The van der Waals surface area contributed by atoms with Crippen molar-refractivity contribution in [2.75, 3.05) is 6.61 Å². The number of aryl methyl sites for hydroxylation is 1. The Kier molecular flexibility index (Phi) is 3.29. The third-order valence-corrected chi connectivity index (χ3v) is 5.17. The summed E-state index contributed by atoms with van der Waals surface area (Å²) in [5.41, 5.74) is 4.67. The van der Waals surface area contributed by atoms with Crippen molar-refractivity contribution >= 4 is 5.97 Å². The van der Waals surface area contributed by atoms with Crippen molar-refractivity contribution in [3.63, 3.8) is 0 Å². The summed E-state index contributed by atoms with van der Waals surface area (Å²) in [5.74, 6) is 2.02. The van der Waals surface area contributed by atoms with Crippen LogP contribution in [0.3, 0.4) is 0 Å². The minimum absolute atomic E-state index is 0.227. The highest BCUT2D eigenvalue weighted by molar-refractivity contribution is 5.88. The van der Waals surface area contributed by atoms with Gasteiger partial charge in [0.1, 0.15) is 5.69 Å². The van der Waals surface area contributed by atoms with E-state index >= 15 is 0 Å². The molecule has 1 fully saturated rings. The maximum atomic E-state index is 11.8. The van der Waals surface area contributed by atoms with Gasteiger partial charge in [-0.05, 0) is 61.1 Å². The fraction of sp³-hybridized carbons (Fsp3) is 0.421. The first-order valence-corrected chi connectivity index (χ1v) is 8.20. The molecule has 0 amide bonds. The van der Waals surface area contributed by atoms with E-state index < -0.39 is 0 Å². The van der Waals surface area contributed by atoms with E-state index in [0.29, 0.717) is 18.2 Å². The molecule has 1 aromatic heterocycles. The van der Waals surface area contributed by atoms with Gasteiger partial charge < -0.3 is 9.72 Å². The topological polar surface area (TPSA) is 42.1 Å². The molecule has 114 valence electrons. The maximum absolute atomic E-state index is 11.8. The van der Waals surface area contributed by atoms with Crippen LogP contribution in [-0.4, -0.2) is 17.6 Å². The molecule has 22 heavy (non-hydrogen) atoms. The number of carbonyl (C=O) groups is 1. The van der Waals surface area contributed by atoms with Crippen molar-refractivity contribution < 1.29 is 9.53 Å². The van der Waals surface area contributed by atoms with E-state index in [1.807, 2.05) is 13.0 Å². The highest BCUT2D eigenvalue weighted by Gasteiger charge is 2.55. The van der Waals surface area contributed by atoms with Gasteiger partial charge in [0.25, 0.3) is 0 Å². The quantitative estimate of drug-likeness (QED) is 0.854. The molecule has 1 heterocycles. The van der Waals surface area contributed by atoms with Crippen LogP contribution in [0.4, 0.5) is 0 Å². The number of hydrogen-bond donors (Lipinski definition) is 1. The lowest BCUT2D eigenvalue weighted by molar-refractivity contribution is 0.0520. The Bertz CT molecular complexity index is 689. The average molecular weight is 295 g/mol. The van der Waals surface area contributed by atoms with Gasteiger partial charge in [-0.2, -0.15) is 0 Å². The van der Waals surface area contributed by atoms with Crippen LogP contribution in [0.1, 0.15) is 46.6 Å². The average Bonchev–Trinajstić information content (AvgIpc) is 2.87. The summed E-state index contributed by atoms with van der Waals surface area (Å²) in [6, 6.07) is 12.7. The smallest absolute Gasteiger partial charge is 0.354 e. The number of aromatic nitrogens is 1. The Morgan fingerprint density at radius 3 is 2.91 bits per heavy atom. The number of hydrogen-bond acceptors (Lipinski definition) is 2. The molecule has 3 atom stereocenters. The van der Waals surface area contributed by atoms with Gasteiger partial charge in [0, 0.05) is 5.69 Å². The number of nitrogens with one attached hydrogen (secondary N) is 1. The van der Waals surface area contributed by atoms with Crippen molar-refractivity contribution in [2.45, 2.75) is 32.1 Å². The predicted octanol–water partition coefficient (Wildman–Crippen LogP) is 3.71. The molecule has 0 radical (unpaired) electrons. The molecule has 2 unspecified atom stereocenters. The van der Waals surface area contributed by atoms with E-state index in [2.05, 4.69) is 35.3 Å². The number of benzene rings is 1. The van der Waals surface area contributed by atoms with Gasteiger partial charge in [0.05, 0.1) is 6.61 Å². The molecule has 3 nitrogen and oxygen atoms in total. The highest BCUT2D eigenvalue weighted by Crippen LogP contribution is 2.63. The Morgan fingerprint density at radius 2 is 2.14 bits per heavy atom. The van der Waals surface area contributed by atoms with Crippen LogP contribution in [0.5, 0.6) is 0 Å². The fourth-order valence-electron chi connectivity index (χ4n) is 4.09. The second kappa shape index (κ2) is 5.31. The lowest BCUT2D eigenvalue weighted by Gasteiger charge is -2.04. The monoisotopic (exact) mass is 295 g/mol. The van der Waals surface area contributed by atoms with Gasteiger partial charge >= 0.3 is 5.97 Å². The summed E-state index contributed by atoms with van der Waals surface area (Å²) in [6.45, 7) is 2.26. The Balaban J connectivity index is 1.41. The van der Waals surface area contributed by atoms with Gasteiger partial charge in [-0.3, -0.25) is 0 Å². The maximum Gasteiger partial charge on any atom is 0.354 e. The molecule has 0 spiro atoms. The van der Waals surface area contributed by atoms with Gasteiger partial charge in [0.2, 0.25) is 0 Å². The van der Waals surface area contributed by atoms with Crippen LogP contribution >= 0.6 is 0 Å². The largest absolute Gasteiger partial charge is 0.461 e. The SMILES string of the molecule is CCOC(=O)c1cc2c([nH]1)C[C@@H]1C(CCc3ccccc3)C21. The molecule has 0 aliphatic heterocycles. The van der Waals surface area contributed by atoms with E-state index in [9.17, 15) is 4.79 Å². The molecular weight excluding hydrogens is 274 g/mol. The second-order valence-electron chi connectivity index (χ2n) is 6.42. The number of rotatable bonds is 5. The molecule has 4 rings (SSSR count). The first-order chi connectivity index (χ1) is 10.8. The zero-order valence-electron chi connectivity index (χ0n) is 12.8. The molecule has 3 heteroatoms. The van der Waals surface area contributed by atoms with Gasteiger partial charge in [0.15, 0.2) is 0 Å². The fourth-order valence-corrected chi connectivity index (χ4v) is 4.09. The first kappa shape index (κ1) is 13.6. The van der Waals surface area contributed by atoms with Crippen molar-refractivity contribution in [3.05, 3.63) is 58.9 Å². The zero-order chi connectivity index (χ0) is 15.1. The molecule has 1 saturated carbocycles. The number of esters is 1. The summed E-state index contributed by atoms with van der Waals surface area (Å²) in [4.78, 5) is 15.1. The molecule has 2 aliphatic rings. The Hall–Kier alpha value is -2.03. The van der Waals surface area contributed by atoms with Crippen LogP contribution in [-0.2, 0) is 17.6 Å². The third-order valence-electron chi connectivity index (χ3n) is 5.17. The van der Waals surface area contributed by atoms with Gasteiger partial charge in [-0.25, -0.2) is 4.79 Å². The summed E-state index contributed by atoms with van der Waals surface area (Å²) < 4.78 is 5.08. The van der Waals surface area contributed by atoms with Crippen LogP contribution in [0.25, 0.3) is 0 Å². The standard InChI is InChI=1S/C19H21NO2/c1-2-22-19(21)17-11-15-16(20-17)10-14-13(18(14)15)9-8-12-6-4-3-5-7-12/h3-7,11,13-14,18,20H,2,8-10H2,1H3/t13?,14-,18?/m1/s1. The second-order valence-corrected chi connectivity index (χ2v) is 6.42. The Labute approximate surface area is 130 Å². The molecule has 0 bridgehead atoms. The predicted molar refractivity (Wildman–Crippen MR) is 84.9 cm³/mol. The Morgan fingerprint density at radius 1 is 1.32 bits per heavy atom. The molecule has 2 aliphatic carbocycles. The third kappa shape index (κ3) is 2.25. The molecule has 2 aromatic rings. The van der Waals surface area contributed by atoms with Crippen molar-refractivity contribution in [1.29, 1.82) is 0 Å². The van der Waals surface area contributed by atoms with E-state index in [-0.39, 0.29) is 5.97 Å². The van der Waals surface area contributed by atoms with Crippen molar-refractivity contribution in [1.82, 2.24) is 4.98 Å². The van der Waals surface area contributed by atoms with Crippen molar-refractivity contribution in [2.24, 2.45) is 11.8 Å². The summed E-state index contributed by atoms with van der Waals surface area (Å²) in [5, 5.41) is 0. The van der Waals surface area contributed by atoms with E-state index in [0.717, 1.165) is 24.7 Å². The normalized spacial score (nSPS) is 24.7.